The summed E-state index contributed by atoms with van der Waals surface area (Å²) in [5.41, 5.74) is -0.318. The molecule has 2 N–H and O–H groups in total. The summed E-state index contributed by atoms with van der Waals surface area (Å²) < 4.78 is 8.63. The molecule has 0 aliphatic heterocycles. The number of esters is 1. The lowest BCUT2D eigenvalue weighted by molar-refractivity contribution is -0.158. The van der Waals surface area contributed by atoms with Gasteiger partial charge in [0, 0.05) is 0 Å². The molecule has 9 heteroatoms. The van der Waals surface area contributed by atoms with Crippen molar-refractivity contribution in [2.75, 3.05) is 0 Å². The van der Waals surface area contributed by atoms with Crippen LogP contribution in [0.15, 0.2) is 0 Å². The van der Waals surface area contributed by atoms with Crippen LogP contribution in [0, 0.1) is 6.92 Å². The number of amides is 1. The monoisotopic (exact) mass is 315 g/mol. The number of carboxylic acid groups (broad SMARTS) is 1. The molecule has 0 aliphatic rings. The lowest BCUT2D eigenvalue weighted by atomic mass is 10.1. The Morgan fingerprint density at radius 1 is 1.38 bits per heavy atom. The average molecular weight is 315 g/mol. The highest BCUT2D eigenvalue weighted by Crippen LogP contribution is 2.12. The first kappa shape index (κ1) is 17.0. The number of rotatable bonds is 5. The molecule has 0 fully saturated rings. The number of carbonyl (C=O) groups excluding carboxylic acids is 2. The molecule has 1 amide bonds. The van der Waals surface area contributed by atoms with Gasteiger partial charge < -0.3 is 15.2 Å². The van der Waals surface area contributed by atoms with Crippen molar-refractivity contribution in [1.82, 2.24) is 14.9 Å². The van der Waals surface area contributed by atoms with Crippen molar-refractivity contribution in [2.45, 2.75) is 45.8 Å². The summed E-state index contributed by atoms with van der Waals surface area (Å²) in [6, 6.07) is -1.37. The molecule has 1 rings (SSSR count). The summed E-state index contributed by atoms with van der Waals surface area (Å²) in [4.78, 5) is 34.9. The molecular weight excluding hydrogens is 298 g/mol. The second-order valence-electron chi connectivity index (χ2n) is 5.34. The van der Waals surface area contributed by atoms with Crippen LogP contribution in [0.3, 0.4) is 0 Å². The van der Waals surface area contributed by atoms with Crippen LogP contribution in [0.1, 0.15) is 42.6 Å². The molecule has 21 heavy (non-hydrogen) atoms. The highest BCUT2D eigenvalue weighted by Gasteiger charge is 2.28. The molecule has 0 aromatic carbocycles. The van der Waals surface area contributed by atoms with Crippen LogP contribution in [-0.2, 0) is 14.3 Å². The van der Waals surface area contributed by atoms with Crippen LogP contribution in [0.5, 0.6) is 0 Å². The standard InChI is InChI=1S/C12H17N3O5S/c1-6-9(21-15-14-6)10(17)13-7(11(18)19)5-8(16)20-12(2,3)4/h7H,5H2,1-4H3,(H,13,17)(H,18,19)/t7-/m0/s1. The predicted molar refractivity (Wildman–Crippen MR) is 74.0 cm³/mol. The van der Waals surface area contributed by atoms with Gasteiger partial charge in [-0.3, -0.25) is 9.59 Å². The van der Waals surface area contributed by atoms with Gasteiger partial charge in [0.1, 0.15) is 16.5 Å². The Hall–Kier alpha value is -2.03. The number of aliphatic carboxylic acids is 1. The van der Waals surface area contributed by atoms with Gasteiger partial charge in [-0.25, -0.2) is 4.79 Å². The summed E-state index contributed by atoms with van der Waals surface area (Å²) in [6.07, 6.45) is -0.455. The molecule has 0 aliphatic carbocycles. The minimum Gasteiger partial charge on any atom is -0.480 e. The Balaban J connectivity index is 2.71. The van der Waals surface area contributed by atoms with Crippen molar-refractivity contribution in [2.24, 2.45) is 0 Å². The fourth-order valence-corrected chi connectivity index (χ4v) is 1.97. The third-order valence-electron chi connectivity index (χ3n) is 2.25. The van der Waals surface area contributed by atoms with Crippen molar-refractivity contribution in [3.8, 4) is 0 Å². The number of aryl methyl sites for hydroxylation is 1. The highest BCUT2D eigenvalue weighted by atomic mass is 32.1. The van der Waals surface area contributed by atoms with Gasteiger partial charge in [0.2, 0.25) is 0 Å². The van der Waals surface area contributed by atoms with Crippen LogP contribution in [-0.4, -0.2) is 44.2 Å². The third-order valence-corrected chi connectivity index (χ3v) is 3.08. The van der Waals surface area contributed by atoms with Crippen LogP contribution in [0.2, 0.25) is 0 Å². The number of carboxylic acids is 1. The number of aromatic nitrogens is 2. The maximum atomic E-state index is 11.9. The Bertz CT molecular complexity index is 549. The first-order valence-electron chi connectivity index (χ1n) is 6.14. The van der Waals surface area contributed by atoms with Gasteiger partial charge in [-0.1, -0.05) is 4.49 Å². The Kier molecular flexibility index (Phi) is 5.36. The Morgan fingerprint density at radius 2 is 2.00 bits per heavy atom. The van der Waals surface area contributed by atoms with Crippen molar-refractivity contribution >= 4 is 29.4 Å². The van der Waals surface area contributed by atoms with Crippen LogP contribution in [0.4, 0.5) is 0 Å². The maximum Gasteiger partial charge on any atom is 0.326 e. The lowest BCUT2D eigenvalue weighted by Gasteiger charge is -2.21. The van der Waals surface area contributed by atoms with Gasteiger partial charge in [0.05, 0.1) is 12.1 Å². The lowest BCUT2D eigenvalue weighted by Crippen LogP contribution is -2.43. The SMILES string of the molecule is Cc1nnsc1C(=O)N[C@@H](CC(=O)OC(C)(C)C)C(=O)O. The van der Waals surface area contributed by atoms with E-state index in [0.29, 0.717) is 5.69 Å². The number of hydrogen-bond donors (Lipinski definition) is 2. The van der Waals surface area contributed by atoms with E-state index < -0.39 is 35.9 Å². The molecule has 116 valence electrons. The second-order valence-corrected chi connectivity index (χ2v) is 6.10. The van der Waals surface area contributed by atoms with Gasteiger partial charge >= 0.3 is 11.9 Å². The van der Waals surface area contributed by atoms with Gasteiger partial charge in [-0.05, 0) is 39.2 Å². The fraction of sp³-hybridized carbons (Fsp3) is 0.583. The molecule has 0 bridgehead atoms. The first-order valence-corrected chi connectivity index (χ1v) is 6.92. The number of hydrogen-bond acceptors (Lipinski definition) is 7. The minimum absolute atomic E-state index is 0.213. The number of nitrogens with zero attached hydrogens (tertiary/aromatic N) is 2. The summed E-state index contributed by atoms with van der Waals surface area (Å²) in [7, 11) is 0. The van der Waals surface area contributed by atoms with Gasteiger partial charge in [0.25, 0.3) is 5.91 Å². The quantitative estimate of drug-likeness (QED) is 0.770. The summed E-state index contributed by atoms with van der Waals surface area (Å²) in [5, 5.41) is 15.0. The van der Waals surface area contributed by atoms with E-state index in [2.05, 4.69) is 14.9 Å². The van der Waals surface area contributed by atoms with Crippen LogP contribution in [0.25, 0.3) is 0 Å². The summed E-state index contributed by atoms with van der Waals surface area (Å²) >= 11 is 0.858. The highest BCUT2D eigenvalue weighted by molar-refractivity contribution is 7.08. The van der Waals surface area contributed by atoms with E-state index in [4.69, 9.17) is 9.84 Å². The third kappa shape index (κ3) is 5.46. The average Bonchev–Trinajstić information content (AvgIpc) is 2.71. The van der Waals surface area contributed by atoms with E-state index in [9.17, 15) is 14.4 Å². The van der Waals surface area contributed by atoms with Crippen molar-refractivity contribution in [3.05, 3.63) is 10.6 Å². The summed E-state index contributed by atoms with van der Waals surface area (Å²) in [5.74, 6) is -2.64. The predicted octanol–water partition coefficient (Wildman–Crippen LogP) is 0.761. The fourth-order valence-electron chi connectivity index (χ4n) is 1.41. The van der Waals surface area contributed by atoms with Crippen LogP contribution < -0.4 is 5.32 Å². The molecule has 0 saturated carbocycles. The summed E-state index contributed by atoms with van der Waals surface area (Å²) in [6.45, 7) is 6.60. The zero-order valence-electron chi connectivity index (χ0n) is 12.2. The van der Waals surface area contributed by atoms with Gasteiger partial charge in [-0.2, -0.15) is 0 Å². The molecule has 0 spiro atoms. The molecule has 8 nitrogen and oxygen atoms in total. The van der Waals surface area contributed by atoms with Crippen molar-refractivity contribution in [1.29, 1.82) is 0 Å². The Labute approximate surface area is 125 Å². The van der Waals surface area contributed by atoms with E-state index in [1.807, 2.05) is 0 Å². The maximum absolute atomic E-state index is 11.9. The zero-order valence-corrected chi connectivity index (χ0v) is 13.0. The van der Waals surface area contributed by atoms with E-state index in [0.717, 1.165) is 11.5 Å². The molecule has 1 heterocycles. The van der Waals surface area contributed by atoms with E-state index in [1.165, 1.54) is 0 Å². The molecule has 0 radical (unpaired) electrons. The molecule has 1 atom stereocenters. The Morgan fingerprint density at radius 3 is 2.43 bits per heavy atom. The molecule has 1 aromatic rings. The van der Waals surface area contributed by atoms with Crippen LogP contribution >= 0.6 is 11.5 Å². The van der Waals surface area contributed by atoms with Crippen molar-refractivity contribution in [3.63, 3.8) is 0 Å². The first-order chi connectivity index (χ1) is 9.60. The molecule has 0 unspecified atom stereocenters. The topological polar surface area (TPSA) is 118 Å². The molecule has 1 aromatic heterocycles. The largest absolute Gasteiger partial charge is 0.480 e. The second kappa shape index (κ2) is 6.61. The van der Waals surface area contributed by atoms with Crippen molar-refractivity contribution < 1.29 is 24.2 Å². The minimum atomic E-state index is -1.37. The molecular formula is C12H17N3O5S. The zero-order chi connectivity index (χ0) is 16.2. The van der Waals surface area contributed by atoms with E-state index in [1.54, 1.807) is 27.7 Å². The number of carbonyl (C=O) groups is 3. The van der Waals surface area contributed by atoms with Gasteiger partial charge in [0.15, 0.2) is 0 Å². The number of nitrogens with one attached hydrogen (secondary N) is 1. The smallest absolute Gasteiger partial charge is 0.326 e. The molecule has 0 saturated heterocycles. The van der Waals surface area contributed by atoms with E-state index in [-0.39, 0.29) is 4.88 Å². The van der Waals surface area contributed by atoms with E-state index >= 15 is 0 Å². The van der Waals surface area contributed by atoms with Gasteiger partial charge in [-0.15, -0.1) is 5.10 Å². The number of ether oxygens (including phenoxy) is 1. The normalized spacial score (nSPS) is 12.6.